The van der Waals surface area contributed by atoms with Crippen molar-refractivity contribution in [3.05, 3.63) is 68.7 Å². The van der Waals surface area contributed by atoms with Gasteiger partial charge in [0.15, 0.2) is 0 Å². The van der Waals surface area contributed by atoms with Gasteiger partial charge in [0.1, 0.15) is 0 Å². The topological polar surface area (TPSA) is 12.0 Å². The van der Waals surface area contributed by atoms with Gasteiger partial charge in [-0.1, -0.05) is 59.3 Å². The zero-order chi connectivity index (χ0) is 14.7. The predicted octanol–water partition coefficient (Wildman–Crippen LogP) is 4.94. The van der Waals surface area contributed by atoms with Gasteiger partial charge in [0.05, 0.1) is 6.04 Å². The summed E-state index contributed by atoms with van der Waals surface area (Å²) in [7, 11) is 2.02. The Labute approximate surface area is 130 Å². The molecule has 2 aromatic carbocycles. The zero-order valence-electron chi connectivity index (χ0n) is 12.6. The Bertz CT molecular complexity index is 581. The highest BCUT2D eigenvalue weighted by atomic mass is 79.9. The minimum absolute atomic E-state index is 0.243. The van der Waals surface area contributed by atoms with Gasteiger partial charge in [-0.2, -0.15) is 0 Å². The molecule has 0 aliphatic rings. The van der Waals surface area contributed by atoms with Crippen molar-refractivity contribution in [1.29, 1.82) is 0 Å². The Morgan fingerprint density at radius 1 is 1.05 bits per heavy atom. The molecule has 0 aliphatic carbocycles. The quantitative estimate of drug-likeness (QED) is 0.836. The maximum absolute atomic E-state index is 3.64. The van der Waals surface area contributed by atoms with E-state index < -0.39 is 0 Å². The van der Waals surface area contributed by atoms with Crippen LogP contribution in [0.4, 0.5) is 0 Å². The highest BCUT2D eigenvalue weighted by Crippen LogP contribution is 2.29. The van der Waals surface area contributed by atoms with Crippen molar-refractivity contribution < 1.29 is 0 Å². The molecule has 0 radical (unpaired) electrons. The second-order valence-electron chi connectivity index (χ2n) is 5.29. The molecule has 0 saturated carbocycles. The third-order valence-electron chi connectivity index (χ3n) is 3.77. The summed E-state index contributed by atoms with van der Waals surface area (Å²) in [6.45, 7) is 6.49. The van der Waals surface area contributed by atoms with Crippen molar-refractivity contribution in [3.8, 4) is 0 Å². The second kappa shape index (κ2) is 6.55. The molecule has 1 atom stereocenters. The number of nitrogens with one attached hydrogen (secondary N) is 1. The standard InChI is InChI=1S/C18H22BrN/c1-5-14-7-6-8-15(11-14)18(20-4)16-9-12(2)17(19)13(3)10-16/h6-11,18,20H,5H2,1-4H3. The van der Waals surface area contributed by atoms with Crippen molar-refractivity contribution in [1.82, 2.24) is 5.32 Å². The van der Waals surface area contributed by atoms with Crippen molar-refractivity contribution in [2.45, 2.75) is 33.2 Å². The highest BCUT2D eigenvalue weighted by Gasteiger charge is 2.14. The number of hydrogen-bond donors (Lipinski definition) is 1. The van der Waals surface area contributed by atoms with Gasteiger partial charge in [-0.15, -0.1) is 0 Å². The lowest BCUT2D eigenvalue weighted by molar-refractivity contribution is 0.689. The molecule has 0 aromatic heterocycles. The SMILES string of the molecule is CCc1cccc(C(NC)c2cc(C)c(Br)c(C)c2)c1. The van der Waals surface area contributed by atoms with Gasteiger partial charge in [0, 0.05) is 4.47 Å². The van der Waals surface area contributed by atoms with Gasteiger partial charge < -0.3 is 5.32 Å². The fourth-order valence-corrected chi connectivity index (χ4v) is 2.89. The third kappa shape index (κ3) is 3.13. The van der Waals surface area contributed by atoms with E-state index in [1.807, 2.05) is 7.05 Å². The summed E-state index contributed by atoms with van der Waals surface area (Å²) in [6.07, 6.45) is 1.07. The number of aryl methyl sites for hydroxylation is 3. The normalized spacial score (nSPS) is 12.4. The van der Waals surface area contributed by atoms with Crippen LogP contribution in [0.25, 0.3) is 0 Å². The van der Waals surface area contributed by atoms with Crippen LogP contribution in [-0.2, 0) is 6.42 Å². The summed E-state index contributed by atoms with van der Waals surface area (Å²) in [6, 6.07) is 13.6. The van der Waals surface area contributed by atoms with E-state index in [0.717, 1.165) is 6.42 Å². The van der Waals surface area contributed by atoms with Crippen LogP contribution in [-0.4, -0.2) is 7.05 Å². The Morgan fingerprint density at radius 2 is 1.70 bits per heavy atom. The van der Waals surface area contributed by atoms with Crippen LogP contribution in [0.2, 0.25) is 0 Å². The number of halogens is 1. The molecule has 1 N–H and O–H groups in total. The lowest BCUT2D eigenvalue weighted by Crippen LogP contribution is -2.18. The monoisotopic (exact) mass is 331 g/mol. The molecule has 1 unspecified atom stereocenters. The fourth-order valence-electron chi connectivity index (χ4n) is 2.66. The van der Waals surface area contributed by atoms with E-state index in [0.29, 0.717) is 0 Å². The van der Waals surface area contributed by atoms with Crippen LogP contribution in [0.3, 0.4) is 0 Å². The van der Waals surface area contributed by atoms with Gasteiger partial charge in [-0.25, -0.2) is 0 Å². The summed E-state index contributed by atoms with van der Waals surface area (Å²) in [4.78, 5) is 0. The lowest BCUT2D eigenvalue weighted by atomic mass is 9.94. The van der Waals surface area contributed by atoms with Gasteiger partial charge in [0.25, 0.3) is 0 Å². The smallest absolute Gasteiger partial charge is 0.0574 e. The molecule has 0 amide bonds. The first-order valence-corrected chi connectivity index (χ1v) is 7.88. The van der Waals surface area contributed by atoms with Crippen LogP contribution < -0.4 is 5.32 Å². The first kappa shape index (κ1) is 15.3. The summed E-state index contributed by atoms with van der Waals surface area (Å²) in [5, 5.41) is 3.44. The Morgan fingerprint density at radius 3 is 2.25 bits per heavy atom. The molecule has 2 aromatic rings. The zero-order valence-corrected chi connectivity index (χ0v) is 14.2. The number of rotatable bonds is 4. The molecular weight excluding hydrogens is 310 g/mol. The Kier molecular flexibility index (Phi) is 5.00. The molecule has 0 aliphatic heterocycles. The van der Waals surface area contributed by atoms with Crippen molar-refractivity contribution >= 4 is 15.9 Å². The Hall–Kier alpha value is -1.12. The predicted molar refractivity (Wildman–Crippen MR) is 90.3 cm³/mol. The van der Waals surface area contributed by atoms with Gasteiger partial charge in [-0.05, 0) is 55.1 Å². The van der Waals surface area contributed by atoms with E-state index in [9.17, 15) is 0 Å². The molecule has 1 nitrogen and oxygen atoms in total. The largest absolute Gasteiger partial charge is 0.309 e. The second-order valence-corrected chi connectivity index (χ2v) is 6.08. The molecule has 0 spiro atoms. The summed E-state index contributed by atoms with van der Waals surface area (Å²) < 4.78 is 1.21. The van der Waals surface area contributed by atoms with E-state index in [1.165, 1.54) is 32.3 Å². The summed E-state index contributed by atoms with van der Waals surface area (Å²) in [5.41, 5.74) is 6.60. The van der Waals surface area contributed by atoms with Crippen LogP contribution in [0, 0.1) is 13.8 Å². The van der Waals surface area contributed by atoms with Crippen LogP contribution in [0.1, 0.15) is 40.8 Å². The summed E-state index contributed by atoms with van der Waals surface area (Å²) >= 11 is 3.64. The number of hydrogen-bond acceptors (Lipinski definition) is 1. The Balaban J connectivity index is 2.46. The first-order chi connectivity index (χ1) is 9.56. The van der Waals surface area contributed by atoms with Gasteiger partial charge in [0.2, 0.25) is 0 Å². The van der Waals surface area contributed by atoms with E-state index in [1.54, 1.807) is 0 Å². The van der Waals surface area contributed by atoms with Crippen molar-refractivity contribution in [3.63, 3.8) is 0 Å². The molecule has 0 heterocycles. The van der Waals surface area contributed by atoms with Crippen LogP contribution in [0.15, 0.2) is 40.9 Å². The molecule has 0 fully saturated rings. The molecular formula is C18H22BrN. The minimum Gasteiger partial charge on any atom is -0.309 e. The molecule has 0 bridgehead atoms. The molecule has 0 saturated heterocycles. The minimum atomic E-state index is 0.243. The highest BCUT2D eigenvalue weighted by molar-refractivity contribution is 9.10. The molecule has 2 rings (SSSR count). The van der Waals surface area contributed by atoms with E-state index in [4.69, 9.17) is 0 Å². The molecule has 2 heteroatoms. The van der Waals surface area contributed by atoms with E-state index in [-0.39, 0.29) is 6.04 Å². The maximum atomic E-state index is 3.64. The van der Waals surface area contributed by atoms with Crippen LogP contribution in [0.5, 0.6) is 0 Å². The fraction of sp³-hybridized carbons (Fsp3) is 0.333. The van der Waals surface area contributed by atoms with Gasteiger partial charge in [-0.3, -0.25) is 0 Å². The average molecular weight is 332 g/mol. The lowest BCUT2D eigenvalue weighted by Gasteiger charge is -2.20. The number of benzene rings is 2. The first-order valence-electron chi connectivity index (χ1n) is 7.09. The summed E-state index contributed by atoms with van der Waals surface area (Å²) in [5.74, 6) is 0. The van der Waals surface area contributed by atoms with Gasteiger partial charge >= 0.3 is 0 Å². The van der Waals surface area contributed by atoms with Crippen molar-refractivity contribution in [2.75, 3.05) is 7.05 Å². The molecule has 106 valence electrons. The average Bonchev–Trinajstić information content (AvgIpc) is 2.45. The van der Waals surface area contributed by atoms with Crippen LogP contribution >= 0.6 is 15.9 Å². The maximum Gasteiger partial charge on any atom is 0.0574 e. The van der Waals surface area contributed by atoms with E-state index >= 15 is 0 Å². The van der Waals surface area contributed by atoms with Crippen molar-refractivity contribution in [2.24, 2.45) is 0 Å². The third-order valence-corrected chi connectivity index (χ3v) is 5.02. The molecule has 20 heavy (non-hydrogen) atoms. The van der Waals surface area contributed by atoms with E-state index in [2.05, 4.69) is 78.4 Å².